The van der Waals surface area contributed by atoms with Crippen LogP contribution in [0.1, 0.15) is 11.1 Å². The summed E-state index contributed by atoms with van der Waals surface area (Å²) in [4.78, 5) is 0. The Morgan fingerprint density at radius 2 is 2.00 bits per heavy atom. The summed E-state index contributed by atoms with van der Waals surface area (Å²) >= 11 is 6.63. The lowest BCUT2D eigenvalue weighted by Gasteiger charge is -2.14. The Balaban J connectivity index is 2.62. The average Bonchev–Trinajstić information content (AvgIpc) is 2.24. The molecular weight excluding hydrogens is 397 g/mol. The van der Waals surface area contributed by atoms with Gasteiger partial charge in [0.25, 0.3) is 0 Å². The third-order valence-corrected chi connectivity index (χ3v) is 3.82. The monoisotopic (exact) mass is 406 g/mol. The van der Waals surface area contributed by atoms with E-state index in [4.69, 9.17) is 4.74 Å². The van der Waals surface area contributed by atoms with E-state index < -0.39 is 5.51 Å². The standard InChI is InChI=1S/C11H11Br2F3OS/c1-7-4-9(13)5-8(6-12)10(7)17-2-3-18-11(14,15)16/h4-5H,2-3,6H2,1H3. The van der Waals surface area contributed by atoms with E-state index in [1.54, 1.807) is 0 Å². The lowest BCUT2D eigenvalue weighted by atomic mass is 10.1. The van der Waals surface area contributed by atoms with E-state index in [-0.39, 0.29) is 24.1 Å². The molecule has 0 aliphatic heterocycles. The predicted molar refractivity (Wildman–Crippen MR) is 75.5 cm³/mol. The van der Waals surface area contributed by atoms with Crippen molar-refractivity contribution in [3.8, 4) is 5.75 Å². The SMILES string of the molecule is Cc1cc(Br)cc(CBr)c1OCCSC(F)(F)F. The van der Waals surface area contributed by atoms with Crippen LogP contribution < -0.4 is 4.74 Å². The van der Waals surface area contributed by atoms with Crippen LogP contribution in [0.3, 0.4) is 0 Å². The predicted octanol–water partition coefficient (Wildman–Crippen LogP) is 5.28. The van der Waals surface area contributed by atoms with Gasteiger partial charge < -0.3 is 4.74 Å². The first-order valence-electron chi connectivity index (χ1n) is 5.02. The van der Waals surface area contributed by atoms with E-state index in [0.29, 0.717) is 11.1 Å². The van der Waals surface area contributed by atoms with Crippen LogP contribution in [0, 0.1) is 6.92 Å². The quantitative estimate of drug-likeness (QED) is 0.484. The van der Waals surface area contributed by atoms with Gasteiger partial charge in [-0.2, -0.15) is 13.2 Å². The number of halogens is 5. The highest BCUT2D eigenvalue weighted by molar-refractivity contribution is 9.10. The first kappa shape index (κ1) is 16.2. The molecule has 0 amide bonds. The lowest BCUT2D eigenvalue weighted by Crippen LogP contribution is -2.08. The fourth-order valence-corrected chi connectivity index (χ4v) is 2.84. The maximum absolute atomic E-state index is 12.0. The van der Waals surface area contributed by atoms with Gasteiger partial charge in [0, 0.05) is 21.1 Å². The van der Waals surface area contributed by atoms with E-state index >= 15 is 0 Å². The van der Waals surface area contributed by atoms with Crippen molar-refractivity contribution < 1.29 is 17.9 Å². The van der Waals surface area contributed by atoms with Gasteiger partial charge in [0.2, 0.25) is 0 Å². The zero-order valence-corrected chi connectivity index (χ0v) is 13.5. The van der Waals surface area contributed by atoms with Gasteiger partial charge >= 0.3 is 5.51 Å². The first-order valence-corrected chi connectivity index (χ1v) is 7.92. The molecule has 0 saturated heterocycles. The Morgan fingerprint density at radius 1 is 1.33 bits per heavy atom. The number of ether oxygens (including phenoxy) is 1. The van der Waals surface area contributed by atoms with Crippen molar-refractivity contribution in [2.24, 2.45) is 0 Å². The minimum atomic E-state index is -4.20. The summed E-state index contributed by atoms with van der Waals surface area (Å²) in [5.74, 6) is 0.540. The van der Waals surface area contributed by atoms with E-state index in [1.165, 1.54) is 0 Å². The maximum atomic E-state index is 12.0. The smallest absolute Gasteiger partial charge is 0.441 e. The maximum Gasteiger partial charge on any atom is 0.441 e. The van der Waals surface area contributed by atoms with Crippen molar-refractivity contribution in [1.82, 2.24) is 0 Å². The van der Waals surface area contributed by atoms with E-state index in [2.05, 4.69) is 31.9 Å². The highest BCUT2D eigenvalue weighted by Gasteiger charge is 2.27. The van der Waals surface area contributed by atoms with Gasteiger partial charge in [-0.3, -0.25) is 0 Å². The van der Waals surface area contributed by atoms with Crippen LogP contribution in [0.5, 0.6) is 5.75 Å². The lowest BCUT2D eigenvalue weighted by molar-refractivity contribution is -0.0329. The summed E-state index contributed by atoms with van der Waals surface area (Å²) in [6.07, 6.45) is 0. The number of benzene rings is 1. The minimum absolute atomic E-state index is 0.0344. The van der Waals surface area contributed by atoms with Gasteiger partial charge in [0.15, 0.2) is 0 Å². The molecule has 1 rings (SSSR count). The third kappa shape index (κ3) is 5.40. The molecular formula is C11H11Br2F3OS. The Hall–Kier alpha value is 0.120. The van der Waals surface area contributed by atoms with Gasteiger partial charge in [-0.25, -0.2) is 0 Å². The molecule has 7 heteroatoms. The van der Waals surface area contributed by atoms with Gasteiger partial charge in [0.1, 0.15) is 5.75 Å². The molecule has 0 N–H and O–H groups in total. The van der Waals surface area contributed by atoms with Crippen LogP contribution in [-0.2, 0) is 5.33 Å². The molecule has 0 radical (unpaired) electrons. The van der Waals surface area contributed by atoms with Crippen LogP contribution in [0.15, 0.2) is 16.6 Å². The molecule has 0 bridgehead atoms. The van der Waals surface area contributed by atoms with Crippen molar-refractivity contribution in [2.45, 2.75) is 17.8 Å². The molecule has 0 fully saturated rings. The van der Waals surface area contributed by atoms with Crippen LogP contribution in [0.4, 0.5) is 13.2 Å². The molecule has 0 aromatic heterocycles. The summed E-state index contributed by atoms with van der Waals surface area (Å²) in [6, 6.07) is 3.76. The van der Waals surface area contributed by atoms with Crippen molar-refractivity contribution in [1.29, 1.82) is 0 Å². The zero-order valence-electron chi connectivity index (χ0n) is 9.48. The molecule has 18 heavy (non-hydrogen) atoms. The van der Waals surface area contributed by atoms with E-state index in [0.717, 1.165) is 15.6 Å². The number of aryl methyl sites for hydroxylation is 1. The van der Waals surface area contributed by atoms with E-state index in [1.807, 2.05) is 19.1 Å². The number of alkyl halides is 4. The number of hydrogen-bond donors (Lipinski definition) is 0. The van der Waals surface area contributed by atoms with Crippen molar-refractivity contribution in [2.75, 3.05) is 12.4 Å². The highest BCUT2D eigenvalue weighted by Crippen LogP contribution is 2.32. The normalized spacial score (nSPS) is 11.7. The Kier molecular flexibility index (Phi) is 6.34. The average molecular weight is 408 g/mol. The molecule has 102 valence electrons. The number of rotatable bonds is 5. The van der Waals surface area contributed by atoms with Gasteiger partial charge in [-0.15, -0.1) is 0 Å². The molecule has 0 aliphatic rings. The van der Waals surface area contributed by atoms with Gasteiger partial charge in [-0.1, -0.05) is 31.9 Å². The number of thioether (sulfide) groups is 1. The zero-order chi connectivity index (χ0) is 13.8. The Labute approximate surface area is 125 Å². The summed E-state index contributed by atoms with van der Waals surface area (Å²) in [7, 11) is 0. The summed E-state index contributed by atoms with van der Waals surface area (Å²) in [5, 5.41) is 0.592. The van der Waals surface area contributed by atoms with Crippen molar-refractivity contribution in [3.63, 3.8) is 0 Å². The second-order valence-electron chi connectivity index (χ2n) is 3.49. The summed E-state index contributed by atoms with van der Waals surface area (Å²) < 4.78 is 42.2. The number of hydrogen-bond acceptors (Lipinski definition) is 2. The molecule has 0 heterocycles. The van der Waals surface area contributed by atoms with E-state index in [9.17, 15) is 13.2 Å². The molecule has 1 nitrogen and oxygen atoms in total. The van der Waals surface area contributed by atoms with Crippen molar-refractivity contribution >= 4 is 43.6 Å². The third-order valence-electron chi connectivity index (χ3n) is 2.06. The van der Waals surface area contributed by atoms with Crippen LogP contribution >= 0.6 is 43.6 Å². The molecule has 0 spiro atoms. The molecule has 0 atom stereocenters. The van der Waals surface area contributed by atoms with Gasteiger partial charge in [-0.05, 0) is 36.4 Å². The highest BCUT2D eigenvalue weighted by atomic mass is 79.9. The Morgan fingerprint density at radius 3 is 2.56 bits per heavy atom. The van der Waals surface area contributed by atoms with Crippen molar-refractivity contribution in [3.05, 3.63) is 27.7 Å². The molecule has 0 aliphatic carbocycles. The second kappa shape index (κ2) is 7.05. The molecule has 0 saturated carbocycles. The Bertz CT molecular complexity index is 410. The molecule has 1 aromatic rings. The van der Waals surface area contributed by atoms with Crippen LogP contribution in [0.25, 0.3) is 0 Å². The fourth-order valence-electron chi connectivity index (χ4n) is 1.41. The molecule has 1 aromatic carbocycles. The largest absolute Gasteiger partial charge is 0.492 e. The van der Waals surface area contributed by atoms with Crippen LogP contribution in [0.2, 0.25) is 0 Å². The minimum Gasteiger partial charge on any atom is -0.492 e. The second-order valence-corrected chi connectivity index (χ2v) is 6.12. The summed E-state index contributed by atoms with van der Waals surface area (Å²) in [5.41, 5.74) is -2.38. The summed E-state index contributed by atoms with van der Waals surface area (Å²) in [6.45, 7) is 1.90. The topological polar surface area (TPSA) is 9.23 Å². The van der Waals surface area contributed by atoms with Crippen LogP contribution in [-0.4, -0.2) is 17.9 Å². The molecule has 0 unspecified atom stereocenters. The fraction of sp³-hybridized carbons (Fsp3) is 0.455. The van der Waals surface area contributed by atoms with Gasteiger partial charge in [0.05, 0.1) is 6.61 Å². The first-order chi connectivity index (χ1) is 8.33.